The fraction of sp³-hybridized carbons (Fsp3) is 0.500. The summed E-state index contributed by atoms with van der Waals surface area (Å²) >= 11 is 1.72. The van der Waals surface area contributed by atoms with E-state index in [9.17, 15) is 4.39 Å². The van der Waals surface area contributed by atoms with Crippen LogP contribution in [0.2, 0.25) is 0 Å². The number of thiophene rings is 1. The maximum atomic E-state index is 13.3. The normalized spacial score (nSPS) is 24.9. The first-order chi connectivity index (χ1) is 9.67. The van der Waals surface area contributed by atoms with E-state index in [1.54, 1.807) is 17.4 Å². The van der Waals surface area contributed by atoms with Crippen LogP contribution in [0, 0.1) is 17.7 Å². The van der Waals surface area contributed by atoms with Crippen molar-refractivity contribution in [2.45, 2.75) is 38.6 Å². The molecule has 1 atom stereocenters. The molecule has 3 rings (SSSR count). The second-order valence-electron chi connectivity index (χ2n) is 6.00. The lowest BCUT2D eigenvalue weighted by Crippen LogP contribution is -2.34. The third-order valence-corrected chi connectivity index (χ3v) is 5.71. The van der Waals surface area contributed by atoms with E-state index in [1.807, 2.05) is 6.07 Å². The Hall–Kier alpha value is -0.970. The smallest absolute Gasteiger partial charge is 0.123 e. The number of hydrazine groups is 1. The molecule has 1 unspecified atom stereocenters. The molecule has 0 spiro atoms. The van der Waals surface area contributed by atoms with Gasteiger partial charge in [-0.3, -0.25) is 11.3 Å². The molecule has 3 N–H and O–H groups in total. The minimum Gasteiger partial charge on any atom is -0.271 e. The number of benzene rings is 1. The van der Waals surface area contributed by atoms with Crippen LogP contribution >= 0.6 is 11.3 Å². The van der Waals surface area contributed by atoms with E-state index in [-0.39, 0.29) is 11.9 Å². The maximum absolute atomic E-state index is 13.3. The van der Waals surface area contributed by atoms with Crippen molar-refractivity contribution in [2.75, 3.05) is 0 Å². The second-order valence-corrected chi connectivity index (χ2v) is 7.11. The summed E-state index contributed by atoms with van der Waals surface area (Å²) in [6, 6.07) is 7.27. The lowest BCUT2D eigenvalue weighted by molar-refractivity contribution is 0.234. The van der Waals surface area contributed by atoms with E-state index in [1.165, 1.54) is 36.6 Å². The highest BCUT2D eigenvalue weighted by atomic mass is 32.1. The number of fused-ring (bicyclic) bond motifs is 1. The molecule has 1 aromatic carbocycles. The van der Waals surface area contributed by atoms with Crippen molar-refractivity contribution in [3.63, 3.8) is 0 Å². The molecule has 2 nitrogen and oxygen atoms in total. The summed E-state index contributed by atoms with van der Waals surface area (Å²) in [6.07, 6.45) is 5.00. The zero-order valence-corrected chi connectivity index (χ0v) is 12.5. The molecule has 4 heteroatoms. The Labute approximate surface area is 123 Å². The van der Waals surface area contributed by atoms with E-state index in [0.717, 1.165) is 16.0 Å². The number of hydrogen-bond donors (Lipinski definition) is 2. The first-order valence-electron chi connectivity index (χ1n) is 7.32. The molecule has 0 bridgehead atoms. The minimum absolute atomic E-state index is 0.175. The van der Waals surface area contributed by atoms with Crippen molar-refractivity contribution in [3.8, 4) is 0 Å². The molecule has 1 aliphatic carbocycles. The SMILES string of the molecule is CC1CCC(C(NN)c2cc3cc(F)ccc3s2)CC1. The predicted octanol–water partition coefficient (Wildman–Crippen LogP) is 4.37. The predicted molar refractivity (Wildman–Crippen MR) is 83.0 cm³/mol. The highest BCUT2D eigenvalue weighted by Crippen LogP contribution is 2.40. The summed E-state index contributed by atoms with van der Waals surface area (Å²) in [4.78, 5) is 1.23. The Bertz CT molecular complexity index is 587. The van der Waals surface area contributed by atoms with Crippen LogP contribution in [-0.2, 0) is 0 Å². The quantitative estimate of drug-likeness (QED) is 0.651. The van der Waals surface area contributed by atoms with Crippen LogP contribution < -0.4 is 11.3 Å². The Balaban J connectivity index is 1.87. The topological polar surface area (TPSA) is 38.0 Å². The third kappa shape index (κ3) is 2.73. The van der Waals surface area contributed by atoms with E-state index in [0.29, 0.717) is 5.92 Å². The van der Waals surface area contributed by atoms with Crippen molar-refractivity contribution >= 4 is 21.4 Å². The average Bonchev–Trinajstić information content (AvgIpc) is 2.84. The summed E-state index contributed by atoms with van der Waals surface area (Å²) < 4.78 is 14.4. The number of halogens is 1. The number of nitrogens with two attached hydrogens (primary N) is 1. The largest absolute Gasteiger partial charge is 0.271 e. The van der Waals surface area contributed by atoms with Crippen molar-refractivity contribution in [2.24, 2.45) is 17.7 Å². The molecular weight excluding hydrogens is 271 g/mol. The van der Waals surface area contributed by atoms with Gasteiger partial charge in [-0.1, -0.05) is 19.8 Å². The van der Waals surface area contributed by atoms with Crippen molar-refractivity contribution in [3.05, 3.63) is 35.0 Å². The molecule has 0 radical (unpaired) electrons. The van der Waals surface area contributed by atoms with Gasteiger partial charge in [0.05, 0.1) is 6.04 Å². The van der Waals surface area contributed by atoms with Gasteiger partial charge in [0.1, 0.15) is 5.82 Å². The maximum Gasteiger partial charge on any atom is 0.123 e. The number of hydrogen-bond acceptors (Lipinski definition) is 3. The number of nitrogens with one attached hydrogen (secondary N) is 1. The van der Waals surface area contributed by atoms with Crippen molar-refractivity contribution < 1.29 is 4.39 Å². The molecule has 0 amide bonds. The first kappa shape index (κ1) is 14.0. The van der Waals surface area contributed by atoms with Crippen LogP contribution in [-0.4, -0.2) is 0 Å². The molecule has 2 aromatic rings. The molecule has 1 aromatic heterocycles. The Morgan fingerprint density at radius 2 is 2.00 bits per heavy atom. The Kier molecular flexibility index (Phi) is 4.06. The fourth-order valence-electron chi connectivity index (χ4n) is 3.26. The Morgan fingerprint density at radius 3 is 2.70 bits per heavy atom. The highest BCUT2D eigenvalue weighted by Gasteiger charge is 2.27. The second kappa shape index (κ2) is 5.80. The third-order valence-electron chi connectivity index (χ3n) is 4.52. The zero-order chi connectivity index (χ0) is 14.1. The van der Waals surface area contributed by atoms with Gasteiger partial charge >= 0.3 is 0 Å². The van der Waals surface area contributed by atoms with Crippen molar-refractivity contribution in [1.82, 2.24) is 5.43 Å². The van der Waals surface area contributed by atoms with Gasteiger partial charge in [0.25, 0.3) is 0 Å². The molecule has 20 heavy (non-hydrogen) atoms. The zero-order valence-electron chi connectivity index (χ0n) is 11.7. The molecule has 1 aliphatic rings. The first-order valence-corrected chi connectivity index (χ1v) is 8.14. The monoisotopic (exact) mass is 292 g/mol. The van der Waals surface area contributed by atoms with Crippen LogP contribution in [0.1, 0.15) is 43.5 Å². The van der Waals surface area contributed by atoms with Crippen LogP contribution in [0.3, 0.4) is 0 Å². The van der Waals surface area contributed by atoms with Crippen LogP contribution in [0.25, 0.3) is 10.1 Å². The van der Waals surface area contributed by atoms with Crippen molar-refractivity contribution in [1.29, 1.82) is 0 Å². The van der Waals surface area contributed by atoms with Gasteiger partial charge in [0.15, 0.2) is 0 Å². The lowest BCUT2D eigenvalue weighted by Gasteiger charge is -2.31. The van der Waals surface area contributed by atoms with Crippen LogP contribution in [0.15, 0.2) is 24.3 Å². The van der Waals surface area contributed by atoms with Crippen LogP contribution in [0.5, 0.6) is 0 Å². The molecule has 108 valence electrons. The molecule has 0 saturated heterocycles. The molecule has 1 saturated carbocycles. The van der Waals surface area contributed by atoms with Gasteiger partial charge in [-0.25, -0.2) is 4.39 Å². The van der Waals surface area contributed by atoms with Crippen LogP contribution in [0.4, 0.5) is 4.39 Å². The van der Waals surface area contributed by atoms with E-state index in [4.69, 9.17) is 5.84 Å². The van der Waals surface area contributed by atoms with Gasteiger partial charge in [0, 0.05) is 9.58 Å². The van der Waals surface area contributed by atoms with Gasteiger partial charge < -0.3 is 0 Å². The average molecular weight is 292 g/mol. The van der Waals surface area contributed by atoms with E-state index < -0.39 is 0 Å². The van der Waals surface area contributed by atoms with Gasteiger partial charge in [-0.05, 0) is 54.3 Å². The van der Waals surface area contributed by atoms with Gasteiger partial charge in [-0.15, -0.1) is 11.3 Å². The van der Waals surface area contributed by atoms with E-state index in [2.05, 4.69) is 18.4 Å². The standard InChI is InChI=1S/C16H21FN2S/c1-10-2-4-11(5-3-10)16(19-18)15-9-12-8-13(17)6-7-14(12)20-15/h6-11,16,19H,2-5,18H2,1H3. The summed E-state index contributed by atoms with van der Waals surface area (Å²) in [5.41, 5.74) is 3.00. The molecule has 0 aliphatic heterocycles. The van der Waals surface area contributed by atoms with Gasteiger partial charge in [-0.2, -0.15) is 0 Å². The Morgan fingerprint density at radius 1 is 1.25 bits per heavy atom. The fourth-order valence-corrected chi connectivity index (χ4v) is 4.46. The summed E-state index contributed by atoms with van der Waals surface area (Å²) in [5, 5.41) is 0.981. The summed E-state index contributed by atoms with van der Waals surface area (Å²) in [6.45, 7) is 2.32. The summed E-state index contributed by atoms with van der Waals surface area (Å²) in [7, 11) is 0. The minimum atomic E-state index is -0.175. The number of rotatable bonds is 3. The molecule has 1 heterocycles. The summed E-state index contributed by atoms with van der Waals surface area (Å²) in [5.74, 6) is 7.06. The highest BCUT2D eigenvalue weighted by molar-refractivity contribution is 7.19. The lowest BCUT2D eigenvalue weighted by atomic mass is 9.79. The molecule has 1 fully saturated rings. The van der Waals surface area contributed by atoms with E-state index >= 15 is 0 Å². The molecular formula is C16H21FN2S. The van der Waals surface area contributed by atoms with Gasteiger partial charge in [0.2, 0.25) is 0 Å².